The van der Waals surface area contributed by atoms with Crippen molar-refractivity contribution in [2.24, 2.45) is 5.92 Å². The topological polar surface area (TPSA) is 25.8 Å². The van der Waals surface area contributed by atoms with Gasteiger partial charge in [-0.25, -0.2) is 9.97 Å². The maximum atomic E-state index is 4.95. The van der Waals surface area contributed by atoms with Crippen LogP contribution in [0, 0.1) is 5.92 Å². The molecule has 6 rings (SSSR count). The van der Waals surface area contributed by atoms with E-state index < -0.39 is 0 Å². The summed E-state index contributed by atoms with van der Waals surface area (Å²) in [6, 6.07) is 21.3. The number of aromatic nitrogens is 2. The van der Waals surface area contributed by atoms with Gasteiger partial charge in [-0.2, -0.15) is 0 Å². The highest BCUT2D eigenvalue weighted by molar-refractivity contribution is 5.85. The van der Waals surface area contributed by atoms with Gasteiger partial charge in [0.2, 0.25) is 0 Å². The quantitative estimate of drug-likeness (QED) is 0.433. The number of hydrogen-bond donors (Lipinski definition) is 0. The zero-order valence-electron chi connectivity index (χ0n) is 14.8. The average Bonchev–Trinajstić information content (AvgIpc) is 3.08. The lowest BCUT2D eigenvalue weighted by molar-refractivity contribution is 0.630. The summed E-state index contributed by atoms with van der Waals surface area (Å²) in [7, 11) is 0. The third-order valence-electron chi connectivity index (χ3n) is 5.87. The van der Waals surface area contributed by atoms with Crippen LogP contribution in [0.2, 0.25) is 0 Å². The minimum absolute atomic E-state index is 0.524. The molecular formula is C25H18N2. The molecule has 0 unspecified atom stereocenters. The number of hydrogen-bond acceptors (Lipinski definition) is 2. The van der Waals surface area contributed by atoms with E-state index in [0.717, 1.165) is 34.2 Å². The van der Waals surface area contributed by atoms with Gasteiger partial charge in [0.25, 0.3) is 0 Å². The van der Waals surface area contributed by atoms with Crippen LogP contribution in [0.1, 0.15) is 17.0 Å². The Morgan fingerprint density at radius 3 is 2.41 bits per heavy atom. The van der Waals surface area contributed by atoms with Crippen LogP contribution in [0.15, 0.2) is 85.0 Å². The minimum atomic E-state index is 0.524. The van der Waals surface area contributed by atoms with Crippen LogP contribution in [-0.2, 0) is 6.42 Å². The number of fused-ring (bicyclic) bond motifs is 5. The van der Waals surface area contributed by atoms with E-state index in [1.807, 2.05) is 12.1 Å². The number of allylic oxidation sites excluding steroid dienone is 4. The molecular weight excluding hydrogens is 328 g/mol. The highest BCUT2D eigenvalue weighted by atomic mass is 14.8. The number of pyridine rings is 2. The SMILES string of the molecule is C1=C[C@@H]2Cc3cc4nc(-c5ccc6ccccc6n5)ccc4cc3[C@@H]2C=C1. The number of nitrogens with zero attached hydrogens (tertiary/aromatic N) is 2. The minimum Gasteiger partial charge on any atom is -0.246 e. The van der Waals surface area contributed by atoms with Crippen LogP contribution >= 0.6 is 0 Å². The molecule has 0 saturated heterocycles. The predicted octanol–water partition coefficient (Wildman–Crippen LogP) is 5.83. The van der Waals surface area contributed by atoms with Gasteiger partial charge in [0.1, 0.15) is 0 Å². The van der Waals surface area contributed by atoms with Crippen LogP contribution < -0.4 is 0 Å². The van der Waals surface area contributed by atoms with Crippen molar-refractivity contribution in [1.82, 2.24) is 9.97 Å². The number of benzene rings is 2. The van der Waals surface area contributed by atoms with Gasteiger partial charge in [-0.3, -0.25) is 0 Å². The molecule has 2 aliphatic rings. The summed E-state index contributed by atoms with van der Waals surface area (Å²) in [6.45, 7) is 0. The molecule has 0 N–H and O–H groups in total. The van der Waals surface area contributed by atoms with Gasteiger partial charge in [-0.15, -0.1) is 0 Å². The van der Waals surface area contributed by atoms with Crippen molar-refractivity contribution in [3.05, 3.63) is 96.1 Å². The van der Waals surface area contributed by atoms with Crippen LogP contribution in [0.25, 0.3) is 33.2 Å². The Morgan fingerprint density at radius 1 is 0.704 bits per heavy atom. The second-order valence-corrected chi connectivity index (χ2v) is 7.49. The van der Waals surface area contributed by atoms with Gasteiger partial charge in [-0.05, 0) is 53.8 Å². The van der Waals surface area contributed by atoms with Crippen molar-refractivity contribution in [3.63, 3.8) is 0 Å². The van der Waals surface area contributed by atoms with Gasteiger partial charge in [0.15, 0.2) is 0 Å². The molecule has 2 aromatic carbocycles. The molecule has 4 aromatic rings. The molecule has 128 valence electrons. The molecule has 0 spiro atoms. The second-order valence-electron chi connectivity index (χ2n) is 7.49. The Kier molecular flexibility index (Phi) is 3.09. The largest absolute Gasteiger partial charge is 0.246 e. The first kappa shape index (κ1) is 14.9. The summed E-state index contributed by atoms with van der Waals surface area (Å²) in [5, 5.41) is 2.37. The van der Waals surface area contributed by atoms with E-state index in [0.29, 0.717) is 11.8 Å². The van der Waals surface area contributed by atoms with Crippen molar-refractivity contribution in [3.8, 4) is 11.4 Å². The van der Waals surface area contributed by atoms with E-state index in [-0.39, 0.29) is 0 Å². The molecule has 2 atom stereocenters. The maximum absolute atomic E-state index is 4.95. The van der Waals surface area contributed by atoms with Crippen molar-refractivity contribution >= 4 is 21.8 Å². The van der Waals surface area contributed by atoms with Gasteiger partial charge >= 0.3 is 0 Å². The van der Waals surface area contributed by atoms with E-state index in [9.17, 15) is 0 Å². The smallest absolute Gasteiger partial charge is 0.0894 e. The zero-order valence-corrected chi connectivity index (χ0v) is 14.8. The van der Waals surface area contributed by atoms with Crippen LogP contribution in [-0.4, -0.2) is 9.97 Å². The number of rotatable bonds is 1. The summed E-state index contributed by atoms with van der Waals surface area (Å²) in [5.41, 5.74) is 6.83. The summed E-state index contributed by atoms with van der Waals surface area (Å²) in [5.74, 6) is 1.12. The molecule has 2 heteroatoms. The van der Waals surface area contributed by atoms with E-state index in [1.165, 1.54) is 16.5 Å². The molecule has 27 heavy (non-hydrogen) atoms. The molecule has 0 radical (unpaired) electrons. The molecule has 2 heterocycles. The summed E-state index contributed by atoms with van der Waals surface area (Å²) in [4.78, 5) is 9.75. The zero-order chi connectivity index (χ0) is 17.8. The Hall–Kier alpha value is -3.26. The van der Waals surface area contributed by atoms with E-state index in [4.69, 9.17) is 9.97 Å². The van der Waals surface area contributed by atoms with Gasteiger partial charge in [0, 0.05) is 16.7 Å². The first-order chi connectivity index (χ1) is 13.3. The molecule has 0 bridgehead atoms. The Bertz CT molecular complexity index is 1270. The van der Waals surface area contributed by atoms with Crippen molar-refractivity contribution in [2.75, 3.05) is 0 Å². The van der Waals surface area contributed by atoms with E-state index in [1.54, 1.807) is 0 Å². The monoisotopic (exact) mass is 346 g/mol. The fourth-order valence-electron chi connectivity index (χ4n) is 4.51. The normalized spacial score (nSPS) is 20.1. The third kappa shape index (κ3) is 2.33. The van der Waals surface area contributed by atoms with Crippen molar-refractivity contribution in [1.29, 1.82) is 0 Å². The van der Waals surface area contributed by atoms with Crippen LogP contribution in [0.3, 0.4) is 0 Å². The molecule has 0 fully saturated rings. The lowest BCUT2D eigenvalue weighted by Crippen LogP contribution is -2.04. The first-order valence-corrected chi connectivity index (χ1v) is 9.50. The Labute approximate surface area is 157 Å². The molecule has 2 aromatic heterocycles. The fraction of sp³-hybridized carbons (Fsp3) is 0.120. The summed E-state index contributed by atoms with van der Waals surface area (Å²) in [6.07, 6.45) is 10.1. The second kappa shape index (κ2) is 5.62. The van der Waals surface area contributed by atoms with Crippen LogP contribution in [0.5, 0.6) is 0 Å². The molecule has 0 aliphatic heterocycles. The molecule has 0 saturated carbocycles. The average molecular weight is 346 g/mol. The fourth-order valence-corrected chi connectivity index (χ4v) is 4.51. The standard InChI is InChI=1S/C25H18N2/c1-3-7-20-17(6-1)13-19-15-25-18(14-21(19)20)10-12-24(27-25)23-11-9-16-5-2-4-8-22(16)26-23/h1-12,14-15,17,20H,13H2/t17-,20-/m1/s1. The summed E-state index contributed by atoms with van der Waals surface area (Å²) < 4.78 is 0. The van der Waals surface area contributed by atoms with Gasteiger partial charge < -0.3 is 0 Å². The molecule has 2 aliphatic carbocycles. The van der Waals surface area contributed by atoms with E-state index >= 15 is 0 Å². The molecule has 0 amide bonds. The Morgan fingerprint density at radius 2 is 1.48 bits per heavy atom. The molecule has 2 nitrogen and oxygen atoms in total. The van der Waals surface area contributed by atoms with Crippen LogP contribution in [0.4, 0.5) is 0 Å². The Balaban J connectivity index is 1.47. The summed E-state index contributed by atoms with van der Waals surface area (Å²) >= 11 is 0. The van der Waals surface area contributed by atoms with Crippen molar-refractivity contribution in [2.45, 2.75) is 12.3 Å². The maximum Gasteiger partial charge on any atom is 0.0894 e. The predicted molar refractivity (Wildman–Crippen MR) is 111 cm³/mol. The highest BCUT2D eigenvalue weighted by Gasteiger charge is 2.30. The lowest BCUT2D eigenvalue weighted by atomic mass is 9.89. The highest BCUT2D eigenvalue weighted by Crippen LogP contribution is 2.42. The van der Waals surface area contributed by atoms with Gasteiger partial charge in [-0.1, -0.05) is 54.6 Å². The number of para-hydroxylation sites is 1. The van der Waals surface area contributed by atoms with Crippen molar-refractivity contribution < 1.29 is 0 Å². The third-order valence-corrected chi connectivity index (χ3v) is 5.87. The first-order valence-electron chi connectivity index (χ1n) is 9.50. The lowest BCUT2D eigenvalue weighted by Gasteiger charge is -2.15. The van der Waals surface area contributed by atoms with Gasteiger partial charge in [0.05, 0.1) is 22.4 Å². The van der Waals surface area contributed by atoms with E-state index in [2.05, 4.69) is 72.8 Å².